The molecule has 1 aromatic rings. The Bertz CT molecular complexity index is 472. The van der Waals surface area contributed by atoms with Gasteiger partial charge in [-0.1, -0.05) is 20.3 Å². The van der Waals surface area contributed by atoms with E-state index in [-0.39, 0.29) is 18.0 Å². The first-order valence-corrected chi connectivity index (χ1v) is 8.47. The highest BCUT2D eigenvalue weighted by molar-refractivity contribution is 5.55. The van der Waals surface area contributed by atoms with Crippen molar-refractivity contribution in [3.05, 3.63) is 29.6 Å². The van der Waals surface area contributed by atoms with Crippen LogP contribution in [0.4, 0.5) is 10.1 Å². The molecule has 124 valence electrons. The van der Waals surface area contributed by atoms with Gasteiger partial charge < -0.3 is 15.3 Å². The number of piperidine rings is 1. The van der Waals surface area contributed by atoms with Gasteiger partial charge in [0, 0.05) is 24.8 Å². The Morgan fingerprint density at radius 2 is 2.00 bits per heavy atom. The second kappa shape index (κ2) is 7.93. The van der Waals surface area contributed by atoms with Crippen LogP contribution in [-0.4, -0.2) is 30.8 Å². The second-order valence-corrected chi connectivity index (χ2v) is 6.56. The van der Waals surface area contributed by atoms with Crippen LogP contribution in [0.1, 0.15) is 51.6 Å². The topological polar surface area (TPSA) is 35.5 Å². The van der Waals surface area contributed by atoms with Crippen LogP contribution in [0, 0.1) is 11.7 Å². The second-order valence-electron chi connectivity index (χ2n) is 6.56. The van der Waals surface area contributed by atoms with Crippen molar-refractivity contribution in [3.8, 4) is 0 Å². The van der Waals surface area contributed by atoms with Crippen molar-refractivity contribution in [1.29, 1.82) is 0 Å². The zero-order chi connectivity index (χ0) is 16.1. The number of benzene rings is 1. The maximum atomic E-state index is 13.7. The van der Waals surface area contributed by atoms with Gasteiger partial charge in [-0.25, -0.2) is 4.39 Å². The summed E-state index contributed by atoms with van der Waals surface area (Å²) >= 11 is 0. The molecule has 2 rings (SSSR count). The maximum absolute atomic E-state index is 13.7. The van der Waals surface area contributed by atoms with E-state index in [0.29, 0.717) is 5.92 Å². The van der Waals surface area contributed by atoms with Crippen LogP contribution in [0.3, 0.4) is 0 Å². The average molecular weight is 308 g/mol. The third-order valence-corrected chi connectivity index (χ3v) is 4.73. The molecule has 1 fully saturated rings. The Kier molecular flexibility index (Phi) is 6.21. The number of nitrogens with zero attached hydrogens (tertiary/aromatic N) is 1. The molecule has 1 heterocycles. The highest BCUT2D eigenvalue weighted by Gasteiger charge is 2.21. The molecular formula is C18H29FN2O. The summed E-state index contributed by atoms with van der Waals surface area (Å²) in [4.78, 5) is 2.27. The lowest BCUT2D eigenvalue weighted by Gasteiger charge is -2.34. The van der Waals surface area contributed by atoms with Gasteiger partial charge in [0.05, 0.1) is 6.10 Å². The Morgan fingerprint density at radius 3 is 2.64 bits per heavy atom. The lowest BCUT2D eigenvalue weighted by atomic mass is 10.0. The largest absolute Gasteiger partial charge is 0.393 e. The number of hydrogen-bond acceptors (Lipinski definition) is 3. The Morgan fingerprint density at radius 1 is 1.32 bits per heavy atom. The van der Waals surface area contributed by atoms with Crippen molar-refractivity contribution in [2.45, 2.75) is 52.2 Å². The number of nitrogens with one attached hydrogen (secondary N) is 1. The Balaban J connectivity index is 2.13. The van der Waals surface area contributed by atoms with E-state index in [1.807, 2.05) is 6.07 Å². The molecule has 0 aliphatic carbocycles. The fraction of sp³-hybridized carbons (Fsp3) is 0.667. The fourth-order valence-corrected chi connectivity index (χ4v) is 2.90. The van der Waals surface area contributed by atoms with E-state index in [2.05, 4.69) is 31.0 Å². The predicted molar refractivity (Wildman–Crippen MR) is 89.7 cm³/mol. The molecule has 4 heteroatoms. The van der Waals surface area contributed by atoms with Crippen molar-refractivity contribution in [2.24, 2.45) is 5.92 Å². The quantitative estimate of drug-likeness (QED) is 0.844. The minimum atomic E-state index is -0.193. The van der Waals surface area contributed by atoms with Crippen LogP contribution < -0.4 is 10.2 Å². The van der Waals surface area contributed by atoms with Crippen molar-refractivity contribution >= 4 is 5.69 Å². The highest BCUT2D eigenvalue weighted by atomic mass is 19.1. The molecule has 0 spiro atoms. The number of hydrogen-bond donors (Lipinski definition) is 2. The minimum Gasteiger partial charge on any atom is -0.393 e. The molecule has 2 N–H and O–H groups in total. The Labute approximate surface area is 133 Å². The number of rotatable bonds is 6. The molecule has 0 radical (unpaired) electrons. The molecule has 2 atom stereocenters. The lowest BCUT2D eigenvalue weighted by molar-refractivity contribution is 0.145. The summed E-state index contributed by atoms with van der Waals surface area (Å²) in [5.74, 6) is 0.428. The number of aliphatic hydroxyl groups excluding tert-OH is 1. The first-order chi connectivity index (χ1) is 10.5. The molecule has 22 heavy (non-hydrogen) atoms. The summed E-state index contributed by atoms with van der Waals surface area (Å²) in [7, 11) is 0. The van der Waals surface area contributed by atoms with Gasteiger partial charge in [0.25, 0.3) is 0 Å². The van der Waals surface area contributed by atoms with Gasteiger partial charge in [-0.05, 0) is 56.0 Å². The van der Waals surface area contributed by atoms with E-state index in [9.17, 15) is 9.50 Å². The van der Waals surface area contributed by atoms with Crippen molar-refractivity contribution in [1.82, 2.24) is 5.32 Å². The van der Waals surface area contributed by atoms with Crippen LogP contribution in [-0.2, 0) is 0 Å². The zero-order valence-corrected chi connectivity index (χ0v) is 14.0. The van der Waals surface area contributed by atoms with Crippen molar-refractivity contribution < 1.29 is 9.50 Å². The monoisotopic (exact) mass is 308 g/mol. The van der Waals surface area contributed by atoms with Crippen LogP contribution >= 0.6 is 0 Å². The summed E-state index contributed by atoms with van der Waals surface area (Å²) in [5, 5.41) is 13.2. The van der Waals surface area contributed by atoms with Crippen LogP contribution in [0.15, 0.2) is 18.2 Å². The van der Waals surface area contributed by atoms with Gasteiger partial charge >= 0.3 is 0 Å². The summed E-state index contributed by atoms with van der Waals surface area (Å²) in [6.07, 6.45) is 2.51. The number of aliphatic hydroxyl groups is 1. The minimum absolute atomic E-state index is 0.117. The first-order valence-electron chi connectivity index (χ1n) is 8.47. The summed E-state index contributed by atoms with van der Waals surface area (Å²) in [5.41, 5.74) is 2.11. The van der Waals surface area contributed by atoms with Crippen LogP contribution in [0.2, 0.25) is 0 Å². The van der Waals surface area contributed by atoms with E-state index in [1.54, 1.807) is 6.07 Å². The highest BCUT2D eigenvalue weighted by Crippen LogP contribution is 2.29. The molecule has 2 unspecified atom stereocenters. The van der Waals surface area contributed by atoms with Crippen molar-refractivity contribution in [3.63, 3.8) is 0 Å². The van der Waals surface area contributed by atoms with Gasteiger partial charge in [0.2, 0.25) is 0 Å². The summed E-state index contributed by atoms with van der Waals surface area (Å²) < 4.78 is 13.7. The fourth-order valence-electron chi connectivity index (χ4n) is 2.90. The van der Waals surface area contributed by atoms with Gasteiger partial charge in [-0.3, -0.25) is 0 Å². The molecule has 1 saturated heterocycles. The molecule has 0 saturated carbocycles. The molecule has 1 aliphatic rings. The maximum Gasteiger partial charge on any atom is 0.123 e. The normalized spacial score (nSPS) is 19.2. The summed E-state index contributed by atoms with van der Waals surface area (Å²) in [6.45, 7) is 9.10. The van der Waals surface area contributed by atoms with Gasteiger partial charge in [-0.15, -0.1) is 0 Å². The number of halogens is 1. The van der Waals surface area contributed by atoms with Gasteiger partial charge in [0.1, 0.15) is 5.82 Å². The predicted octanol–water partition coefficient (Wildman–Crippen LogP) is 3.48. The van der Waals surface area contributed by atoms with E-state index in [0.717, 1.165) is 50.1 Å². The smallest absolute Gasteiger partial charge is 0.123 e. The average Bonchev–Trinajstić information content (AvgIpc) is 2.53. The van der Waals surface area contributed by atoms with Crippen LogP contribution in [0.25, 0.3) is 0 Å². The first kappa shape index (κ1) is 17.2. The van der Waals surface area contributed by atoms with E-state index in [4.69, 9.17) is 0 Å². The standard InChI is InChI=1S/C18H29FN2O/c1-4-13(2)12-20-14(3)17-11-15(19)5-6-18(17)21-9-7-16(22)8-10-21/h5-6,11,13-14,16,20,22H,4,7-10,12H2,1-3H3. The molecule has 3 nitrogen and oxygen atoms in total. The van der Waals surface area contributed by atoms with E-state index < -0.39 is 0 Å². The van der Waals surface area contributed by atoms with E-state index >= 15 is 0 Å². The van der Waals surface area contributed by atoms with Crippen LogP contribution in [0.5, 0.6) is 0 Å². The molecular weight excluding hydrogens is 279 g/mol. The molecule has 0 aromatic heterocycles. The van der Waals surface area contributed by atoms with Gasteiger partial charge in [0.15, 0.2) is 0 Å². The number of anilines is 1. The van der Waals surface area contributed by atoms with Crippen molar-refractivity contribution in [2.75, 3.05) is 24.5 Å². The van der Waals surface area contributed by atoms with Gasteiger partial charge in [-0.2, -0.15) is 0 Å². The molecule has 1 aromatic carbocycles. The third kappa shape index (κ3) is 4.43. The Hall–Kier alpha value is -1.13. The third-order valence-electron chi connectivity index (χ3n) is 4.73. The zero-order valence-electron chi connectivity index (χ0n) is 14.0. The van der Waals surface area contributed by atoms with E-state index in [1.165, 1.54) is 6.07 Å². The lowest BCUT2D eigenvalue weighted by Crippen LogP contribution is -2.37. The molecule has 0 bridgehead atoms. The summed E-state index contributed by atoms with van der Waals surface area (Å²) in [6, 6.07) is 5.18. The molecule has 1 aliphatic heterocycles. The molecule has 0 amide bonds. The SMILES string of the molecule is CCC(C)CNC(C)c1cc(F)ccc1N1CCC(O)CC1.